The molecule has 5 rings (SSSR count). The standard InChI is InChI=1S/C25H31NO.C4H6O6/c1-27-21-11-10-20-17-24-22-9-5-6-13-25(22,23(20)18-21)14-16-26(24)15-12-19-7-3-2-4-8-19;5-1(3(7)8)2(6)4(9)10/h2-4,7-8,10-11,18,22,24H,5-6,9,12-17H2,1H3;1-2,5-6H,(H,7,8)(H,9,10)/t22-,24-,25-;/m0./s1. The number of aliphatic hydroxyl groups excluding tert-OH is 2. The van der Waals surface area contributed by atoms with E-state index in [1.54, 1.807) is 18.2 Å². The number of aliphatic carboxylic acids is 2. The van der Waals surface area contributed by atoms with Gasteiger partial charge in [-0.25, -0.2) is 9.59 Å². The second-order valence-electron chi connectivity index (χ2n) is 10.4. The number of hydrogen-bond donors (Lipinski definition) is 4. The minimum Gasteiger partial charge on any atom is -0.497 e. The summed E-state index contributed by atoms with van der Waals surface area (Å²) in [7, 11) is 1.80. The van der Waals surface area contributed by atoms with Gasteiger partial charge in [-0.1, -0.05) is 49.2 Å². The lowest BCUT2D eigenvalue weighted by molar-refractivity contribution is -0.165. The van der Waals surface area contributed by atoms with Crippen molar-refractivity contribution < 1.29 is 34.8 Å². The summed E-state index contributed by atoms with van der Waals surface area (Å²) in [5.41, 5.74) is 5.10. The van der Waals surface area contributed by atoms with Gasteiger partial charge in [0.1, 0.15) is 5.75 Å². The van der Waals surface area contributed by atoms with Gasteiger partial charge in [0.2, 0.25) is 0 Å². The minimum absolute atomic E-state index is 0.411. The lowest BCUT2D eigenvalue weighted by Gasteiger charge is -2.59. The molecule has 2 unspecified atom stereocenters. The van der Waals surface area contributed by atoms with Crippen molar-refractivity contribution in [2.24, 2.45) is 5.92 Å². The first-order valence-corrected chi connectivity index (χ1v) is 13.0. The van der Waals surface area contributed by atoms with Crippen LogP contribution in [0.15, 0.2) is 48.5 Å². The first kappa shape index (κ1) is 27.1. The highest BCUT2D eigenvalue weighted by molar-refractivity contribution is 5.83. The largest absolute Gasteiger partial charge is 0.497 e. The number of carbonyl (C=O) groups is 2. The third-order valence-electron chi connectivity index (χ3n) is 8.49. The first-order valence-electron chi connectivity index (χ1n) is 13.0. The Kier molecular flexibility index (Phi) is 8.52. The molecule has 2 aromatic carbocycles. The summed E-state index contributed by atoms with van der Waals surface area (Å²) < 4.78 is 5.59. The molecule has 2 aromatic rings. The summed E-state index contributed by atoms with van der Waals surface area (Å²) in [6.07, 6.45) is 4.77. The first-order chi connectivity index (χ1) is 17.8. The number of carboxylic acid groups (broad SMARTS) is 2. The number of rotatable bonds is 7. The van der Waals surface area contributed by atoms with Gasteiger partial charge in [0.25, 0.3) is 0 Å². The Balaban J connectivity index is 0.000000275. The fourth-order valence-electron chi connectivity index (χ4n) is 6.66. The summed E-state index contributed by atoms with van der Waals surface area (Å²) in [5, 5.41) is 32.5. The minimum atomic E-state index is -2.27. The molecule has 0 aromatic heterocycles. The van der Waals surface area contributed by atoms with Crippen LogP contribution in [-0.2, 0) is 27.8 Å². The van der Waals surface area contributed by atoms with Crippen LogP contribution in [0.5, 0.6) is 5.75 Å². The summed E-state index contributed by atoms with van der Waals surface area (Å²) in [4.78, 5) is 22.4. The predicted octanol–water partition coefficient (Wildman–Crippen LogP) is 2.87. The molecule has 5 atom stereocenters. The van der Waals surface area contributed by atoms with Crippen molar-refractivity contribution in [2.45, 2.75) is 68.6 Å². The molecule has 1 aliphatic heterocycles. The van der Waals surface area contributed by atoms with Gasteiger partial charge in [-0.05, 0) is 73.4 Å². The Bertz CT molecular complexity index is 1070. The van der Waals surface area contributed by atoms with Crippen molar-refractivity contribution in [3.05, 3.63) is 65.2 Å². The van der Waals surface area contributed by atoms with Crippen LogP contribution in [0.1, 0.15) is 48.8 Å². The zero-order chi connectivity index (χ0) is 26.6. The highest BCUT2D eigenvalue weighted by atomic mass is 16.5. The maximum atomic E-state index is 9.77. The molecule has 0 radical (unpaired) electrons. The Labute approximate surface area is 217 Å². The van der Waals surface area contributed by atoms with Crippen molar-refractivity contribution in [1.29, 1.82) is 0 Å². The van der Waals surface area contributed by atoms with Gasteiger partial charge in [-0.2, -0.15) is 0 Å². The number of fused-ring (bicyclic) bond motifs is 1. The van der Waals surface area contributed by atoms with Crippen molar-refractivity contribution >= 4 is 11.9 Å². The van der Waals surface area contributed by atoms with Crippen LogP contribution in [0.2, 0.25) is 0 Å². The highest BCUT2D eigenvalue weighted by Crippen LogP contribution is 2.56. The van der Waals surface area contributed by atoms with Crippen LogP contribution in [0.4, 0.5) is 0 Å². The molecule has 8 heteroatoms. The summed E-state index contributed by atoms with van der Waals surface area (Å²) in [5.74, 6) is -1.67. The monoisotopic (exact) mass is 511 g/mol. The van der Waals surface area contributed by atoms with Crippen molar-refractivity contribution in [3.8, 4) is 5.75 Å². The van der Waals surface area contributed by atoms with Gasteiger partial charge in [0, 0.05) is 18.0 Å². The number of hydrogen-bond acceptors (Lipinski definition) is 6. The second-order valence-corrected chi connectivity index (χ2v) is 10.4. The molecule has 0 spiro atoms. The number of piperidine rings is 1. The highest BCUT2D eigenvalue weighted by Gasteiger charge is 2.53. The zero-order valence-corrected chi connectivity index (χ0v) is 21.3. The van der Waals surface area contributed by atoms with Crippen LogP contribution in [-0.4, -0.2) is 75.7 Å². The number of aliphatic hydroxyl groups is 2. The Morgan fingerprint density at radius 1 is 1.03 bits per heavy atom. The Morgan fingerprint density at radius 3 is 2.38 bits per heavy atom. The average Bonchev–Trinajstić information content (AvgIpc) is 2.92. The summed E-state index contributed by atoms with van der Waals surface area (Å²) >= 11 is 0. The van der Waals surface area contributed by atoms with Crippen LogP contribution >= 0.6 is 0 Å². The number of nitrogens with zero attached hydrogens (tertiary/aromatic N) is 1. The number of likely N-dealkylation sites (tertiary alicyclic amines) is 1. The SMILES string of the molecule is COc1ccc2c(c1)[C@]13CCCC[C@H]1[C@H](C2)N(CCc1ccccc1)CC3.O=C(O)C(O)C(O)C(=O)O. The fourth-order valence-corrected chi connectivity index (χ4v) is 6.66. The van der Waals surface area contributed by atoms with Gasteiger partial charge >= 0.3 is 11.9 Å². The van der Waals surface area contributed by atoms with Crippen molar-refractivity contribution in [1.82, 2.24) is 4.90 Å². The van der Waals surface area contributed by atoms with E-state index in [2.05, 4.69) is 53.4 Å². The topological polar surface area (TPSA) is 128 Å². The van der Waals surface area contributed by atoms with E-state index in [0.29, 0.717) is 5.41 Å². The number of methoxy groups -OCH3 is 1. The van der Waals surface area contributed by atoms with Crippen LogP contribution in [0.3, 0.4) is 0 Å². The summed E-state index contributed by atoms with van der Waals surface area (Å²) in [6.45, 7) is 2.46. The molecule has 1 saturated carbocycles. The molecule has 2 bridgehead atoms. The number of benzene rings is 2. The van der Waals surface area contributed by atoms with E-state index in [-0.39, 0.29) is 0 Å². The third kappa shape index (κ3) is 5.66. The number of carboxylic acids is 2. The van der Waals surface area contributed by atoms with E-state index in [1.807, 2.05) is 0 Å². The van der Waals surface area contributed by atoms with Crippen molar-refractivity contribution in [3.63, 3.8) is 0 Å². The zero-order valence-electron chi connectivity index (χ0n) is 21.3. The summed E-state index contributed by atoms with van der Waals surface area (Å²) in [6, 6.07) is 18.6. The molecule has 200 valence electrons. The maximum Gasteiger partial charge on any atom is 0.335 e. The van der Waals surface area contributed by atoms with Gasteiger partial charge in [-0.15, -0.1) is 0 Å². The van der Waals surface area contributed by atoms with Gasteiger partial charge in [0.05, 0.1) is 7.11 Å². The lowest BCUT2D eigenvalue weighted by Crippen LogP contribution is -2.61. The van der Waals surface area contributed by atoms with Crippen LogP contribution < -0.4 is 4.74 Å². The molecular formula is C29H37NO7. The van der Waals surface area contributed by atoms with E-state index in [4.69, 9.17) is 25.2 Å². The average molecular weight is 512 g/mol. The Hall–Kier alpha value is -2.94. The quantitative estimate of drug-likeness (QED) is 0.447. The molecule has 3 aliphatic rings. The normalized spacial score (nSPS) is 25.9. The third-order valence-corrected chi connectivity index (χ3v) is 8.49. The van der Waals surface area contributed by atoms with Gasteiger partial charge in [0.15, 0.2) is 12.2 Å². The molecule has 1 saturated heterocycles. The van der Waals surface area contributed by atoms with Crippen LogP contribution in [0.25, 0.3) is 0 Å². The molecule has 2 fully saturated rings. The second kappa shape index (κ2) is 11.6. The van der Waals surface area contributed by atoms with Gasteiger partial charge in [-0.3, -0.25) is 4.90 Å². The fraction of sp³-hybridized carbons (Fsp3) is 0.517. The van der Waals surface area contributed by atoms with E-state index in [0.717, 1.165) is 17.7 Å². The predicted molar refractivity (Wildman–Crippen MR) is 138 cm³/mol. The Morgan fingerprint density at radius 2 is 1.73 bits per heavy atom. The smallest absolute Gasteiger partial charge is 0.335 e. The van der Waals surface area contributed by atoms with E-state index in [9.17, 15) is 9.59 Å². The molecule has 37 heavy (non-hydrogen) atoms. The van der Waals surface area contributed by atoms with E-state index >= 15 is 0 Å². The molecule has 4 N–H and O–H groups in total. The molecule has 1 heterocycles. The maximum absolute atomic E-state index is 9.77. The van der Waals surface area contributed by atoms with E-state index < -0.39 is 24.1 Å². The molecule has 8 nitrogen and oxygen atoms in total. The molecular weight excluding hydrogens is 474 g/mol. The van der Waals surface area contributed by atoms with Gasteiger partial charge < -0.3 is 25.2 Å². The van der Waals surface area contributed by atoms with Crippen molar-refractivity contribution in [2.75, 3.05) is 20.2 Å². The van der Waals surface area contributed by atoms with E-state index in [1.165, 1.54) is 63.6 Å². The molecule has 0 amide bonds. The number of ether oxygens (including phenoxy) is 1. The lowest BCUT2D eigenvalue weighted by atomic mass is 9.52. The van der Waals surface area contributed by atoms with Crippen LogP contribution in [0, 0.1) is 5.92 Å². The molecule has 2 aliphatic carbocycles.